The number of anilines is 1. The first-order chi connectivity index (χ1) is 12.4. The molecule has 6 nitrogen and oxygen atoms in total. The van der Waals surface area contributed by atoms with E-state index in [9.17, 15) is 9.59 Å². The van der Waals surface area contributed by atoms with Crippen molar-refractivity contribution >= 4 is 22.5 Å². The van der Waals surface area contributed by atoms with Crippen molar-refractivity contribution in [2.24, 2.45) is 0 Å². The molecule has 1 heterocycles. The van der Waals surface area contributed by atoms with Crippen LogP contribution < -0.4 is 10.9 Å². The van der Waals surface area contributed by atoms with E-state index in [0.29, 0.717) is 16.7 Å². The quantitative estimate of drug-likeness (QED) is 0.742. The average molecular weight is 350 g/mol. The molecule has 0 aliphatic carbocycles. The standard InChI is InChI=1S/C20H22N4O2/c1-13-8-10-15(11-9-13)21-18(25)12-24(3)14(2)19-22-17-7-5-4-6-16(17)20(26)23-19/h4-11,14H,12H2,1-3H3,(H,21,25)(H,22,23,26)/t14-/m1/s1. The number of likely N-dealkylation sites (N-methyl/N-ethyl adjacent to an activating group) is 1. The van der Waals surface area contributed by atoms with Crippen LogP contribution in [0.15, 0.2) is 53.3 Å². The van der Waals surface area contributed by atoms with E-state index in [-0.39, 0.29) is 24.1 Å². The molecule has 0 aliphatic heterocycles. The fourth-order valence-corrected chi connectivity index (χ4v) is 2.71. The molecule has 0 fully saturated rings. The van der Waals surface area contributed by atoms with Gasteiger partial charge in [0.2, 0.25) is 5.91 Å². The van der Waals surface area contributed by atoms with E-state index in [1.807, 2.05) is 68.3 Å². The van der Waals surface area contributed by atoms with Gasteiger partial charge >= 0.3 is 0 Å². The third-order valence-electron chi connectivity index (χ3n) is 4.42. The van der Waals surface area contributed by atoms with E-state index in [0.717, 1.165) is 11.3 Å². The third kappa shape index (κ3) is 3.97. The Labute approximate surface area is 151 Å². The van der Waals surface area contributed by atoms with Gasteiger partial charge in [-0.25, -0.2) is 4.98 Å². The summed E-state index contributed by atoms with van der Waals surface area (Å²) in [7, 11) is 1.83. The van der Waals surface area contributed by atoms with Crippen LogP contribution in [0.25, 0.3) is 10.9 Å². The van der Waals surface area contributed by atoms with Gasteiger partial charge in [0.05, 0.1) is 23.5 Å². The van der Waals surface area contributed by atoms with Crippen LogP contribution in [0.2, 0.25) is 0 Å². The van der Waals surface area contributed by atoms with Crippen LogP contribution in [-0.2, 0) is 4.79 Å². The molecule has 1 amide bonds. The molecule has 0 unspecified atom stereocenters. The molecule has 0 saturated carbocycles. The number of carbonyl (C=O) groups excluding carboxylic acids is 1. The van der Waals surface area contributed by atoms with Crippen LogP contribution >= 0.6 is 0 Å². The van der Waals surface area contributed by atoms with Gasteiger partial charge in [-0.1, -0.05) is 29.8 Å². The number of amides is 1. The zero-order valence-electron chi connectivity index (χ0n) is 15.1. The molecule has 0 radical (unpaired) electrons. The van der Waals surface area contributed by atoms with E-state index in [1.165, 1.54) is 0 Å². The van der Waals surface area contributed by atoms with Crippen LogP contribution in [0.1, 0.15) is 24.4 Å². The van der Waals surface area contributed by atoms with Gasteiger partial charge in [0.1, 0.15) is 5.82 Å². The largest absolute Gasteiger partial charge is 0.325 e. The minimum Gasteiger partial charge on any atom is -0.325 e. The maximum absolute atomic E-state index is 12.3. The Kier molecular flexibility index (Phi) is 5.14. The molecule has 26 heavy (non-hydrogen) atoms. The van der Waals surface area contributed by atoms with E-state index in [1.54, 1.807) is 6.07 Å². The summed E-state index contributed by atoms with van der Waals surface area (Å²) < 4.78 is 0. The highest BCUT2D eigenvalue weighted by atomic mass is 16.2. The Hall–Kier alpha value is -2.99. The average Bonchev–Trinajstić information content (AvgIpc) is 2.63. The smallest absolute Gasteiger partial charge is 0.258 e. The lowest BCUT2D eigenvalue weighted by Crippen LogP contribution is -2.33. The van der Waals surface area contributed by atoms with Gasteiger partial charge in [-0.3, -0.25) is 14.5 Å². The number of rotatable bonds is 5. The highest BCUT2D eigenvalue weighted by Crippen LogP contribution is 2.16. The zero-order valence-corrected chi connectivity index (χ0v) is 15.1. The summed E-state index contributed by atoms with van der Waals surface area (Å²) in [4.78, 5) is 33.7. The molecular weight excluding hydrogens is 328 g/mol. The molecule has 2 N–H and O–H groups in total. The summed E-state index contributed by atoms with van der Waals surface area (Å²) in [6.45, 7) is 4.09. The molecule has 0 spiro atoms. The molecule has 0 saturated heterocycles. The van der Waals surface area contributed by atoms with Crippen molar-refractivity contribution in [3.8, 4) is 0 Å². The normalized spacial score (nSPS) is 12.3. The first-order valence-corrected chi connectivity index (χ1v) is 8.50. The van der Waals surface area contributed by atoms with Crippen LogP contribution in [0.5, 0.6) is 0 Å². The molecule has 0 bridgehead atoms. The molecule has 0 aliphatic rings. The monoisotopic (exact) mass is 350 g/mol. The highest BCUT2D eigenvalue weighted by molar-refractivity contribution is 5.92. The van der Waals surface area contributed by atoms with Gasteiger partial charge in [-0.15, -0.1) is 0 Å². The number of aryl methyl sites for hydroxylation is 1. The van der Waals surface area contributed by atoms with E-state index >= 15 is 0 Å². The SMILES string of the molecule is Cc1ccc(NC(=O)CN(C)[C@H](C)c2nc3ccccc3c(=O)[nH]2)cc1. The van der Waals surface area contributed by atoms with E-state index < -0.39 is 0 Å². The number of aromatic amines is 1. The number of para-hydroxylation sites is 1. The predicted molar refractivity (Wildman–Crippen MR) is 103 cm³/mol. The van der Waals surface area contributed by atoms with Crippen LogP contribution in [0, 0.1) is 6.92 Å². The number of hydrogen-bond donors (Lipinski definition) is 2. The van der Waals surface area contributed by atoms with E-state index in [2.05, 4.69) is 15.3 Å². The molecule has 1 atom stereocenters. The fraction of sp³-hybridized carbons (Fsp3) is 0.250. The number of H-pyrrole nitrogens is 1. The second kappa shape index (κ2) is 7.49. The molecule has 1 aromatic heterocycles. The number of hydrogen-bond acceptors (Lipinski definition) is 4. The lowest BCUT2D eigenvalue weighted by molar-refractivity contribution is -0.117. The van der Waals surface area contributed by atoms with Crippen molar-refractivity contribution in [2.75, 3.05) is 18.9 Å². The molecular formula is C20H22N4O2. The van der Waals surface area contributed by atoms with Gasteiger partial charge in [0, 0.05) is 5.69 Å². The van der Waals surface area contributed by atoms with Gasteiger partial charge in [0.15, 0.2) is 0 Å². The van der Waals surface area contributed by atoms with Crippen LogP contribution in [0.4, 0.5) is 5.69 Å². The Morgan fingerprint density at radius 2 is 1.88 bits per heavy atom. The van der Waals surface area contributed by atoms with Crippen molar-refractivity contribution < 1.29 is 4.79 Å². The molecule has 134 valence electrons. The predicted octanol–water partition coefficient (Wildman–Crippen LogP) is 2.86. The number of carbonyl (C=O) groups is 1. The van der Waals surface area contributed by atoms with Crippen molar-refractivity contribution in [3.63, 3.8) is 0 Å². The maximum atomic E-state index is 12.3. The van der Waals surface area contributed by atoms with E-state index in [4.69, 9.17) is 0 Å². The van der Waals surface area contributed by atoms with Crippen molar-refractivity contribution in [1.82, 2.24) is 14.9 Å². The second-order valence-electron chi connectivity index (χ2n) is 6.47. The Balaban J connectivity index is 1.71. The lowest BCUT2D eigenvalue weighted by Gasteiger charge is -2.23. The Morgan fingerprint density at radius 3 is 2.62 bits per heavy atom. The van der Waals surface area contributed by atoms with Crippen molar-refractivity contribution in [1.29, 1.82) is 0 Å². The molecule has 3 aromatic rings. The number of benzene rings is 2. The first kappa shape index (κ1) is 17.8. The summed E-state index contributed by atoms with van der Waals surface area (Å²) in [6, 6.07) is 14.6. The lowest BCUT2D eigenvalue weighted by atomic mass is 10.2. The van der Waals surface area contributed by atoms with Gasteiger partial charge < -0.3 is 10.3 Å². The van der Waals surface area contributed by atoms with Crippen LogP contribution in [-0.4, -0.2) is 34.4 Å². The van der Waals surface area contributed by atoms with Gasteiger partial charge in [-0.2, -0.15) is 0 Å². The number of aromatic nitrogens is 2. The Bertz CT molecular complexity index is 979. The van der Waals surface area contributed by atoms with Gasteiger partial charge in [-0.05, 0) is 45.2 Å². The summed E-state index contributed by atoms with van der Waals surface area (Å²) in [5.41, 5.74) is 2.38. The molecule has 2 aromatic carbocycles. The fourth-order valence-electron chi connectivity index (χ4n) is 2.71. The maximum Gasteiger partial charge on any atom is 0.258 e. The number of nitrogens with one attached hydrogen (secondary N) is 2. The van der Waals surface area contributed by atoms with Gasteiger partial charge in [0.25, 0.3) is 5.56 Å². The summed E-state index contributed by atoms with van der Waals surface area (Å²) in [6.07, 6.45) is 0. The number of fused-ring (bicyclic) bond motifs is 1. The zero-order chi connectivity index (χ0) is 18.7. The summed E-state index contributed by atoms with van der Waals surface area (Å²) in [5.74, 6) is 0.422. The van der Waals surface area contributed by atoms with Crippen molar-refractivity contribution in [2.45, 2.75) is 19.9 Å². The van der Waals surface area contributed by atoms with Crippen molar-refractivity contribution in [3.05, 3.63) is 70.3 Å². The highest BCUT2D eigenvalue weighted by Gasteiger charge is 2.18. The minimum atomic E-state index is -0.212. The molecule has 3 rings (SSSR count). The number of nitrogens with zero attached hydrogens (tertiary/aromatic N) is 2. The Morgan fingerprint density at radius 1 is 1.19 bits per heavy atom. The first-order valence-electron chi connectivity index (χ1n) is 8.50. The summed E-state index contributed by atoms with van der Waals surface area (Å²) in [5, 5.41) is 3.43. The topological polar surface area (TPSA) is 78.1 Å². The third-order valence-corrected chi connectivity index (χ3v) is 4.42. The second-order valence-corrected chi connectivity index (χ2v) is 6.47. The minimum absolute atomic E-state index is 0.119. The molecule has 6 heteroatoms. The van der Waals surface area contributed by atoms with Crippen LogP contribution in [0.3, 0.4) is 0 Å². The summed E-state index contributed by atoms with van der Waals surface area (Å²) >= 11 is 0.